The number of hydrogen-bond donors (Lipinski definition) is 1. The van der Waals surface area contributed by atoms with Crippen LogP contribution in [-0.2, 0) is 14.8 Å². The van der Waals surface area contributed by atoms with Crippen molar-refractivity contribution in [2.75, 3.05) is 29.4 Å². The number of aryl methyl sites for hydroxylation is 2. The average Bonchev–Trinajstić information content (AvgIpc) is 2.57. The topological polar surface area (TPSA) is 66.5 Å². The second-order valence-corrected chi connectivity index (χ2v) is 9.20. The summed E-state index contributed by atoms with van der Waals surface area (Å²) in [6.07, 6.45) is 1.11. The van der Waals surface area contributed by atoms with Gasteiger partial charge in [-0.3, -0.25) is 9.10 Å². The lowest BCUT2D eigenvalue weighted by molar-refractivity contribution is -0.119. The molecule has 0 bridgehead atoms. The highest BCUT2D eigenvalue weighted by molar-refractivity contribution is 7.99. The first-order chi connectivity index (χ1) is 12.3. The van der Waals surface area contributed by atoms with E-state index in [1.54, 1.807) is 30.0 Å². The molecule has 140 valence electrons. The number of carbonyl (C=O) groups is 1. The summed E-state index contributed by atoms with van der Waals surface area (Å²) in [5.41, 5.74) is 2.64. The van der Waals surface area contributed by atoms with Crippen LogP contribution in [0.15, 0.2) is 53.4 Å². The molecule has 0 aliphatic rings. The molecule has 0 fully saturated rings. The molecule has 0 radical (unpaired) electrons. The van der Waals surface area contributed by atoms with Crippen LogP contribution in [0, 0.1) is 13.8 Å². The maximum atomic E-state index is 12.2. The first-order valence-corrected chi connectivity index (χ1v) is 11.1. The Hall–Kier alpha value is -1.99. The highest BCUT2D eigenvalue weighted by atomic mass is 32.2. The van der Waals surface area contributed by atoms with Gasteiger partial charge in [0.25, 0.3) is 0 Å². The lowest BCUT2D eigenvalue weighted by Gasteiger charge is -2.22. The molecule has 0 aliphatic carbocycles. The summed E-state index contributed by atoms with van der Waals surface area (Å²) in [5.74, 6) is 0.402. The van der Waals surface area contributed by atoms with Crippen LogP contribution in [0.5, 0.6) is 0 Å². The maximum Gasteiger partial charge on any atom is 0.240 e. The van der Waals surface area contributed by atoms with Crippen LogP contribution in [-0.4, -0.2) is 39.4 Å². The summed E-state index contributed by atoms with van der Waals surface area (Å²) in [6.45, 7) is 4.17. The number of carbonyl (C=O) groups excluding carboxylic acids is 1. The number of sulfonamides is 1. The molecule has 2 rings (SSSR count). The molecule has 26 heavy (non-hydrogen) atoms. The Labute approximate surface area is 159 Å². The second kappa shape index (κ2) is 9.09. The number of thioether (sulfide) groups is 1. The number of anilines is 1. The van der Waals surface area contributed by atoms with Crippen molar-refractivity contribution in [3.05, 3.63) is 59.7 Å². The number of nitrogens with one attached hydrogen (secondary N) is 1. The van der Waals surface area contributed by atoms with Crippen molar-refractivity contribution in [1.82, 2.24) is 5.32 Å². The Bertz CT molecular complexity index is 849. The van der Waals surface area contributed by atoms with Gasteiger partial charge in [0.15, 0.2) is 0 Å². The summed E-state index contributed by atoms with van der Waals surface area (Å²) in [4.78, 5) is 13.3. The van der Waals surface area contributed by atoms with Crippen molar-refractivity contribution in [2.45, 2.75) is 18.7 Å². The smallest absolute Gasteiger partial charge is 0.240 e. The third kappa shape index (κ3) is 6.38. The summed E-state index contributed by atoms with van der Waals surface area (Å²) < 4.78 is 25.3. The third-order valence-electron chi connectivity index (χ3n) is 3.69. The number of amides is 1. The van der Waals surface area contributed by atoms with Crippen molar-refractivity contribution >= 4 is 33.4 Å². The molecule has 0 unspecified atom stereocenters. The van der Waals surface area contributed by atoms with E-state index < -0.39 is 10.0 Å². The van der Waals surface area contributed by atoms with Crippen molar-refractivity contribution in [3.8, 4) is 0 Å². The van der Waals surface area contributed by atoms with Crippen LogP contribution in [0.1, 0.15) is 11.1 Å². The highest BCUT2D eigenvalue weighted by Gasteiger charge is 2.20. The van der Waals surface area contributed by atoms with Crippen LogP contribution in [0.25, 0.3) is 0 Å². The van der Waals surface area contributed by atoms with E-state index in [0.717, 1.165) is 26.8 Å². The Morgan fingerprint density at radius 2 is 1.77 bits per heavy atom. The minimum Gasteiger partial charge on any atom is -0.354 e. The van der Waals surface area contributed by atoms with Gasteiger partial charge in [0.2, 0.25) is 15.9 Å². The quantitative estimate of drug-likeness (QED) is 0.554. The molecule has 0 heterocycles. The molecule has 0 atom stereocenters. The van der Waals surface area contributed by atoms with Gasteiger partial charge in [-0.2, -0.15) is 0 Å². The van der Waals surface area contributed by atoms with Gasteiger partial charge in [-0.15, -0.1) is 11.8 Å². The molecule has 0 spiro atoms. The standard InChI is InChI=1S/C19H24N2O3S2/c1-15-7-9-18(10-8-15)25-12-11-20-19(22)14-21(26(3,23)24)17-6-4-5-16(2)13-17/h4-10,13H,11-12,14H2,1-3H3,(H,20,22). The van der Waals surface area contributed by atoms with E-state index in [1.807, 2.05) is 44.2 Å². The molecule has 7 heteroatoms. The third-order valence-corrected chi connectivity index (χ3v) is 5.85. The van der Waals surface area contributed by atoms with E-state index in [4.69, 9.17) is 0 Å². The van der Waals surface area contributed by atoms with Crippen molar-refractivity contribution < 1.29 is 13.2 Å². The molecule has 0 aromatic heterocycles. The minimum atomic E-state index is -3.54. The molecule has 0 aliphatic heterocycles. The summed E-state index contributed by atoms with van der Waals surface area (Å²) in [5, 5.41) is 2.79. The highest BCUT2D eigenvalue weighted by Crippen LogP contribution is 2.19. The maximum absolute atomic E-state index is 12.2. The molecule has 1 amide bonds. The van der Waals surface area contributed by atoms with E-state index in [0.29, 0.717) is 12.2 Å². The van der Waals surface area contributed by atoms with Gasteiger partial charge in [-0.25, -0.2) is 8.42 Å². The first kappa shape index (κ1) is 20.3. The lowest BCUT2D eigenvalue weighted by atomic mass is 10.2. The average molecular weight is 393 g/mol. The van der Waals surface area contributed by atoms with Crippen LogP contribution < -0.4 is 9.62 Å². The van der Waals surface area contributed by atoms with Crippen LogP contribution in [0.2, 0.25) is 0 Å². The van der Waals surface area contributed by atoms with E-state index in [1.165, 1.54) is 5.56 Å². The molecular weight excluding hydrogens is 368 g/mol. The molecule has 0 saturated heterocycles. The summed E-state index contributed by atoms with van der Waals surface area (Å²) in [6, 6.07) is 15.3. The number of benzene rings is 2. The Balaban J connectivity index is 1.88. The van der Waals surface area contributed by atoms with Gasteiger partial charge < -0.3 is 5.32 Å². The van der Waals surface area contributed by atoms with E-state index >= 15 is 0 Å². The Morgan fingerprint density at radius 1 is 1.08 bits per heavy atom. The van der Waals surface area contributed by atoms with Gasteiger partial charge in [0, 0.05) is 17.2 Å². The zero-order chi connectivity index (χ0) is 19.2. The summed E-state index contributed by atoms with van der Waals surface area (Å²) >= 11 is 1.65. The minimum absolute atomic E-state index is 0.225. The van der Waals surface area contributed by atoms with E-state index in [9.17, 15) is 13.2 Å². The fourth-order valence-electron chi connectivity index (χ4n) is 2.36. The zero-order valence-corrected chi connectivity index (χ0v) is 16.9. The molecule has 2 aromatic rings. The van der Waals surface area contributed by atoms with Crippen molar-refractivity contribution in [2.24, 2.45) is 0 Å². The van der Waals surface area contributed by atoms with Gasteiger partial charge >= 0.3 is 0 Å². The monoisotopic (exact) mass is 392 g/mol. The van der Waals surface area contributed by atoms with Gasteiger partial charge in [-0.1, -0.05) is 29.8 Å². The summed E-state index contributed by atoms with van der Waals surface area (Å²) in [7, 11) is -3.54. The number of hydrogen-bond acceptors (Lipinski definition) is 4. The first-order valence-electron chi connectivity index (χ1n) is 8.26. The van der Waals surface area contributed by atoms with Crippen LogP contribution >= 0.6 is 11.8 Å². The molecule has 1 N–H and O–H groups in total. The SMILES string of the molecule is Cc1ccc(SCCNC(=O)CN(c2cccc(C)c2)S(C)(=O)=O)cc1. The van der Waals surface area contributed by atoms with Gasteiger partial charge in [0.05, 0.1) is 11.9 Å². The Morgan fingerprint density at radius 3 is 2.38 bits per heavy atom. The van der Waals surface area contributed by atoms with Crippen LogP contribution in [0.3, 0.4) is 0 Å². The second-order valence-electron chi connectivity index (χ2n) is 6.12. The number of rotatable bonds is 8. The van der Waals surface area contributed by atoms with Gasteiger partial charge in [-0.05, 0) is 43.7 Å². The molecule has 5 nitrogen and oxygen atoms in total. The van der Waals surface area contributed by atoms with E-state index in [-0.39, 0.29) is 12.5 Å². The fourth-order valence-corrected chi connectivity index (χ4v) is 3.98. The molecular formula is C19H24N2O3S2. The van der Waals surface area contributed by atoms with Crippen molar-refractivity contribution in [1.29, 1.82) is 0 Å². The largest absolute Gasteiger partial charge is 0.354 e. The van der Waals surface area contributed by atoms with Crippen LogP contribution in [0.4, 0.5) is 5.69 Å². The predicted molar refractivity (Wildman–Crippen MR) is 108 cm³/mol. The van der Waals surface area contributed by atoms with Crippen molar-refractivity contribution in [3.63, 3.8) is 0 Å². The molecule has 2 aromatic carbocycles. The zero-order valence-electron chi connectivity index (χ0n) is 15.2. The predicted octanol–water partition coefficient (Wildman–Crippen LogP) is 2.98. The lowest BCUT2D eigenvalue weighted by Crippen LogP contribution is -2.41. The van der Waals surface area contributed by atoms with E-state index in [2.05, 4.69) is 5.32 Å². The number of nitrogens with zero attached hydrogens (tertiary/aromatic N) is 1. The normalized spacial score (nSPS) is 11.2. The Kier molecular flexibility index (Phi) is 7.11. The fraction of sp³-hybridized carbons (Fsp3) is 0.316. The van der Waals surface area contributed by atoms with Gasteiger partial charge in [0.1, 0.15) is 6.54 Å². The molecule has 0 saturated carbocycles.